The zero-order valence-electron chi connectivity index (χ0n) is 9.54. The van der Waals surface area contributed by atoms with E-state index >= 15 is 0 Å². The Kier molecular flexibility index (Phi) is 3.47. The molecule has 0 amide bonds. The number of benzene rings is 1. The SMILES string of the molecule is COCc1nc(-c2c(F)cccc2F)cc(=O)[nH]1. The van der Waals surface area contributed by atoms with Crippen molar-refractivity contribution in [1.29, 1.82) is 0 Å². The number of methoxy groups -OCH3 is 1. The lowest BCUT2D eigenvalue weighted by atomic mass is 10.1. The van der Waals surface area contributed by atoms with Gasteiger partial charge in [-0.05, 0) is 12.1 Å². The summed E-state index contributed by atoms with van der Waals surface area (Å²) in [4.78, 5) is 17.8. The molecular formula is C12H10F2N2O2. The van der Waals surface area contributed by atoms with E-state index in [2.05, 4.69) is 9.97 Å². The first-order valence-electron chi connectivity index (χ1n) is 5.15. The molecule has 0 aliphatic rings. The van der Waals surface area contributed by atoms with E-state index in [9.17, 15) is 13.6 Å². The van der Waals surface area contributed by atoms with Crippen molar-refractivity contribution in [2.24, 2.45) is 0 Å². The van der Waals surface area contributed by atoms with Crippen molar-refractivity contribution in [3.8, 4) is 11.3 Å². The van der Waals surface area contributed by atoms with Gasteiger partial charge in [-0.15, -0.1) is 0 Å². The van der Waals surface area contributed by atoms with Gasteiger partial charge in [-0.3, -0.25) is 4.79 Å². The first-order valence-corrected chi connectivity index (χ1v) is 5.15. The van der Waals surface area contributed by atoms with Crippen LogP contribution in [0.1, 0.15) is 5.82 Å². The van der Waals surface area contributed by atoms with Gasteiger partial charge in [0, 0.05) is 13.2 Å². The second-order valence-corrected chi connectivity index (χ2v) is 3.61. The fraction of sp³-hybridized carbons (Fsp3) is 0.167. The van der Waals surface area contributed by atoms with E-state index in [0.29, 0.717) is 0 Å². The van der Waals surface area contributed by atoms with Crippen molar-refractivity contribution in [2.75, 3.05) is 7.11 Å². The molecule has 1 heterocycles. The van der Waals surface area contributed by atoms with E-state index in [4.69, 9.17) is 4.74 Å². The number of rotatable bonds is 3. The highest BCUT2D eigenvalue weighted by Gasteiger charge is 2.13. The number of aromatic nitrogens is 2. The molecule has 0 saturated heterocycles. The summed E-state index contributed by atoms with van der Waals surface area (Å²) >= 11 is 0. The standard InChI is InChI=1S/C12H10F2N2O2/c1-18-6-10-15-9(5-11(17)16-10)12-7(13)3-2-4-8(12)14/h2-5H,6H2,1H3,(H,15,16,17). The van der Waals surface area contributed by atoms with Crippen LogP contribution in [0.2, 0.25) is 0 Å². The van der Waals surface area contributed by atoms with E-state index in [1.54, 1.807) is 0 Å². The molecule has 0 fully saturated rings. The van der Waals surface area contributed by atoms with Gasteiger partial charge in [0.15, 0.2) is 0 Å². The number of halogens is 2. The highest BCUT2D eigenvalue weighted by molar-refractivity contribution is 5.60. The third-order valence-corrected chi connectivity index (χ3v) is 2.29. The van der Waals surface area contributed by atoms with Gasteiger partial charge < -0.3 is 9.72 Å². The minimum atomic E-state index is -0.767. The first-order chi connectivity index (χ1) is 8.61. The molecule has 0 spiro atoms. The number of nitrogens with zero attached hydrogens (tertiary/aromatic N) is 1. The summed E-state index contributed by atoms with van der Waals surface area (Å²) in [5.74, 6) is -1.32. The van der Waals surface area contributed by atoms with Gasteiger partial charge in [-0.2, -0.15) is 0 Å². The quantitative estimate of drug-likeness (QED) is 0.907. The van der Waals surface area contributed by atoms with Gasteiger partial charge in [-0.1, -0.05) is 6.07 Å². The third-order valence-electron chi connectivity index (χ3n) is 2.29. The molecule has 0 radical (unpaired) electrons. The molecule has 0 unspecified atom stereocenters. The summed E-state index contributed by atoms with van der Waals surface area (Å²) in [6.07, 6.45) is 0. The minimum Gasteiger partial charge on any atom is -0.377 e. The van der Waals surface area contributed by atoms with Crippen LogP contribution in [0.5, 0.6) is 0 Å². The van der Waals surface area contributed by atoms with E-state index in [1.807, 2.05) is 0 Å². The van der Waals surface area contributed by atoms with Crippen LogP contribution in [0.3, 0.4) is 0 Å². The summed E-state index contributed by atoms with van der Waals surface area (Å²) in [5.41, 5.74) is -0.864. The highest BCUT2D eigenvalue weighted by atomic mass is 19.1. The molecule has 6 heteroatoms. The smallest absolute Gasteiger partial charge is 0.251 e. The van der Waals surface area contributed by atoms with Crippen molar-refractivity contribution in [2.45, 2.75) is 6.61 Å². The largest absolute Gasteiger partial charge is 0.377 e. The van der Waals surface area contributed by atoms with E-state index in [-0.39, 0.29) is 23.7 Å². The van der Waals surface area contributed by atoms with Gasteiger partial charge in [0.2, 0.25) is 0 Å². The van der Waals surface area contributed by atoms with Gasteiger partial charge in [0.05, 0.1) is 11.3 Å². The van der Waals surface area contributed by atoms with Crippen molar-refractivity contribution < 1.29 is 13.5 Å². The molecule has 1 N–H and O–H groups in total. The molecular weight excluding hydrogens is 242 g/mol. The van der Waals surface area contributed by atoms with Crippen LogP contribution in [-0.4, -0.2) is 17.1 Å². The van der Waals surface area contributed by atoms with E-state index < -0.39 is 17.2 Å². The van der Waals surface area contributed by atoms with Gasteiger partial charge >= 0.3 is 0 Å². The van der Waals surface area contributed by atoms with Crippen LogP contribution in [0.4, 0.5) is 8.78 Å². The molecule has 94 valence electrons. The Morgan fingerprint density at radius 1 is 1.33 bits per heavy atom. The number of ether oxygens (including phenoxy) is 1. The Balaban J connectivity index is 2.60. The topological polar surface area (TPSA) is 55.0 Å². The fourth-order valence-electron chi connectivity index (χ4n) is 1.58. The maximum absolute atomic E-state index is 13.6. The zero-order valence-corrected chi connectivity index (χ0v) is 9.54. The summed E-state index contributed by atoms with van der Waals surface area (Å²) in [7, 11) is 1.43. The average molecular weight is 252 g/mol. The molecule has 0 atom stereocenters. The number of nitrogens with one attached hydrogen (secondary N) is 1. The third kappa shape index (κ3) is 2.43. The van der Waals surface area contributed by atoms with Crippen LogP contribution >= 0.6 is 0 Å². The van der Waals surface area contributed by atoms with E-state index in [0.717, 1.165) is 18.2 Å². The first kappa shape index (κ1) is 12.4. The molecule has 2 rings (SSSR count). The van der Waals surface area contributed by atoms with Crippen LogP contribution in [0, 0.1) is 11.6 Å². The molecule has 1 aromatic heterocycles. The molecule has 4 nitrogen and oxygen atoms in total. The Bertz CT molecular complexity index is 605. The maximum atomic E-state index is 13.6. The van der Waals surface area contributed by atoms with Crippen molar-refractivity contribution in [3.05, 3.63) is 52.1 Å². The van der Waals surface area contributed by atoms with Gasteiger partial charge in [0.1, 0.15) is 24.1 Å². The monoisotopic (exact) mass is 252 g/mol. The van der Waals surface area contributed by atoms with Crippen LogP contribution in [0.15, 0.2) is 29.1 Å². The number of hydrogen-bond acceptors (Lipinski definition) is 3. The predicted molar refractivity (Wildman–Crippen MR) is 60.9 cm³/mol. The number of H-pyrrole nitrogens is 1. The van der Waals surface area contributed by atoms with Gasteiger partial charge in [0.25, 0.3) is 5.56 Å². The molecule has 0 aliphatic heterocycles. The summed E-state index contributed by atoms with van der Waals surface area (Å²) in [6, 6.07) is 4.51. The lowest BCUT2D eigenvalue weighted by Gasteiger charge is -2.05. The lowest BCUT2D eigenvalue weighted by Crippen LogP contribution is -2.12. The fourth-order valence-corrected chi connectivity index (χ4v) is 1.58. The minimum absolute atomic E-state index is 0.0543. The summed E-state index contributed by atoms with van der Waals surface area (Å²) < 4.78 is 31.9. The maximum Gasteiger partial charge on any atom is 0.251 e. The lowest BCUT2D eigenvalue weighted by molar-refractivity contribution is 0.177. The van der Waals surface area contributed by atoms with Crippen LogP contribution in [0.25, 0.3) is 11.3 Å². The highest BCUT2D eigenvalue weighted by Crippen LogP contribution is 2.23. The van der Waals surface area contributed by atoms with Crippen LogP contribution < -0.4 is 5.56 Å². The zero-order chi connectivity index (χ0) is 13.1. The van der Waals surface area contributed by atoms with Crippen molar-refractivity contribution in [1.82, 2.24) is 9.97 Å². The Hall–Kier alpha value is -2.08. The Labute approximate surface area is 101 Å². The summed E-state index contributed by atoms with van der Waals surface area (Å²) in [5, 5.41) is 0. The van der Waals surface area contributed by atoms with Crippen LogP contribution in [-0.2, 0) is 11.3 Å². The van der Waals surface area contributed by atoms with E-state index in [1.165, 1.54) is 13.2 Å². The van der Waals surface area contributed by atoms with Gasteiger partial charge in [-0.25, -0.2) is 13.8 Å². The van der Waals surface area contributed by atoms with Crippen molar-refractivity contribution >= 4 is 0 Å². The molecule has 18 heavy (non-hydrogen) atoms. The van der Waals surface area contributed by atoms with Crippen molar-refractivity contribution in [3.63, 3.8) is 0 Å². The Morgan fingerprint density at radius 3 is 2.61 bits per heavy atom. The molecule has 1 aromatic carbocycles. The molecule has 0 bridgehead atoms. The Morgan fingerprint density at radius 2 is 2.00 bits per heavy atom. The molecule has 2 aromatic rings. The molecule has 0 saturated carbocycles. The normalized spacial score (nSPS) is 10.6. The second-order valence-electron chi connectivity index (χ2n) is 3.61. The number of aromatic amines is 1. The predicted octanol–water partition coefficient (Wildman–Crippen LogP) is 1.86. The average Bonchev–Trinajstić information content (AvgIpc) is 2.28. The molecule has 0 aliphatic carbocycles. The summed E-state index contributed by atoms with van der Waals surface area (Å²) in [6.45, 7) is 0.0547. The number of hydrogen-bond donors (Lipinski definition) is 1. The second kappa shape index (κ2) is 5.05.